The van der Waals surface area contributed by atoms with Crippen LogP contribution in [0.4, 0.5) is 0 Å². The molecule has 1 rings (SSSR count). The summed E-state index contributed by atoms with van der Waals surface area (Å²) in [5.74, 6) is 0.508. The van der Waals surface area contributed by atoms with Gasteiger partial charge in [-0.15, -0.1) is 0 Å². The Labute approximate surface area is 111 Å². The second-order valence-corrected chi connectivity index (χ2v) is 5.15. The number of carbonyl (C=O) groups is 1. The highest BCUT2D eigenvalue weighted by atomic mass is 16.1. The molecule has 0 aromatic heterocycles. The van der Waals surface area contributed by atoms with Gasteiger partial charge in [0.25, 0.3) is 5.91 Å². The number of hydrogen-bond acceptors (Lipinski definition) is 1. The maximum absolute atomic E-state index is 12.2. The van der Waals surface area contributed by atoms with E-state index in [0.29, 0.717) is 12.0 Å². The molecule has 0 aliphatic rings. The molecule has 0 aliphatic heterocycles. The highest BCUT2D eigenvalue weighted by molar-refractivity contribution is 5.94. The first-order valence-corrected chi connectivity index (χ1v) is 6.99. The van der Waals surface area contributed by atoms with E-state index in [1.807, 2.05) is 18.2 Å². The maximum Gasteiger partial charge on any atom is 0.251 e. The second kappa shape index (κ2) is 7.20. The molecule has 0 aliphatic carbocycles. The Morgan fingerprint density at radius 1 is 1.28 bits per heavy atom. The summed E-state index contributed by atoms with van der Waals surface area (Å²) in [6.45, 7) is 8.55. The van der Waals surface area contributed by atoms with Crippen LogP contribution < -0.4 is 5.32 Å². The van der Waals surface area contributed by atoms with Crippen LogP contribution in [0.25, 0.3) is 0 Å². The van der Waals surface area contributed by atoms with Gasteiger partial charge in [0.05, 0.1) is 0 Å². The van der Waals surface area contributed by atoms with Gasteiger partial charge in [0.15, 0.2) is 0 Å². The molecule has 0 heterocycles. The van der Waals surface area contributed by atoms with Gasteiger partial charge in [-0.3, -0.25) is 4.79 Å². The molecule has 1 aromatic rings. The van der Waals surface area contributed by atoms with Gasteiger partial charge in [0.2, 0.25) is 0 Å². The zero-order valence-corrected chi connectivity index (χ0v) is 12.0. The standard InChI is InChI=1S/C16H25NO/c1-5-8-15(6-2)17-16(18)14-10-7-9-13(11-14)12(3)4/h7,9-12,15H,5-6,8H2,1-4H3,(H,17,18). The van der Waals surface area contributed by atoms with E-state index in [4.69, 9.17) is 0 Å². The minimum atomic E-state index is 0.0535. The van der Waals surface area contributed by atoms with Gasteiger partial charge in [-0.05, 0) is 36.5 Å². The summed E-state index contributed by atoms with van der Waals surface area (Å²) in [4.78, 5) is 12.2. The average molecular weight is 247 g/mol. The van der Waals surface area contributed by atoms with E-state index in [1.54, 1.807) is 0 Å². The number of benzene rings is 1. The van der Waals surface area contributed by atoms with Crippen LogP contribution >= 0.6 is 0 Å². The summed E-state index contributed by atoms with van der Waals surface area (Å²) >= 11 is 0. The molecule has 1 unspecified atom stereocenters. The largest absolute Gasteiger partial charge is 0.349 e. The SMILES string of the molecule is CCCC(CC)NC(=O)c1cccc(C(C)C)c1. The van der Waals surface area contributed by atoms with Gasteiger partial charge < -0.3 is 5.32 Å². The van der Waals surface area contributed by atoms with Crippen molar-refractivity contribution in [2.45, 2.75) is 58.9 Å². The van der Waals surface area contributed by atoms with E-state index in [0.717, 1.165) is 24.8 Å². The van der Waals surface area contributed by atoms with Gasteiger partial charge in [-0.25, -0.2) is 0 Å². The lowest BCUT2D eigenvalue weighted by Crippen LogP contribution is -2.34. The van der Waals surface area contributed by atoms with Crippen molar-refractivity contribution in [3.63, 3.8) is 0 Å². The van der Waals surface area contributed by atoms with Crippen molar-refractivity contribution in [1.82, 2.24) is 5.32 Å². The quantitative estimate of drug-likeness (QED) is 0.805. The van der Waals surface area contributed by atoms with Crippen molar-refractivity contribution in [2.75, 3.05) is 0 Å². The van der Waals surface area contributed by atoms with Crippen molar-refractivity contribution >= 4 is 5.91 Å². The Morgan fingerprint density at radius 2 is 2.00 bits per heavy atom. The van der Waals surface area contributed by atoms with Crippen LogP contribution in [-0.4, -0.2) is 11.9 Å². The first-order chi connectivity index (χ1) is 8.58. The number of amides is 1. The summed E-state index contributed by atoms with van der Waals surface area (Å²) in [5.41, 5.74) is 1.99. The fourth-order valence-corrected chi connectivity index (χ4v) is 2.03. The van der Waals surface area contributed by atoms with Crippen LogP contribution in [-0.2, 0) is 0 Å². The summed E-state index contributed by atoms with van der Waals surface area (Å²) < 4.78 is 0. The van der Waals surface area contributed by atoms with Crippen LogP contribution in [0.5, 0.6) is 0 Å². The Bertz CT molecular complexity index is 384. The Hall–Kier alpha value is -1.31. The zero-order valence-electron chi connectivity index (χ0n) is 12.0. The zero-order chi connectivity index (χ0) is 13.5. The third-order valence-electron chi connectivity index (χ3n) is 3.28. The van der Waals surface area contributed by atoms with Crippen LogP contribution in [0.1, 0.15) is 68.8 Å². The molecule has 18 heavy (non-hydrogen) atoms. The maximum atomic E-state index is 12.2. The molecule has 0 radical (unpaired) electrons. The molecule has 0 spiro atoms. The summed E-state index contributed by atoms with van der Waals surface area (Å²) in [6, 6.07) is 8.22. The first-order valence-electron chi connectivity index (χ1n) is 6.99. The van der Waals surface area contributed by atoms with Crippen molar-refractivity contribution in [3.05, 3.63) is 35.4 Å². The Kier molecular flexibility index (Phi) is 5.90. The van der Waals surface area contributed by atoms with E-state index >= 15 is 0 Å². The van der Waals surface area contributed by atoms with Gasteiger partial charge in [0, 0.05) is 11.6 Å². The number of hydrogen-bond donors (Lipinski definition) is 1. The van der Waals surface area contributed by atoms with Crippen molar-refractivity contribution in [2.24, 2.45) is 0 Å². The van der Waals surface area contributed by atoms with E-state index < -0.39 is 0 Å². The lowest BCUT2D eigenvalue weighted by Gasteiger charge is -2.16. The molecular formula is C16H25NO. The fraction of sp³-hybridized carbons (Fsp3) is 0.562. The monoisotopic (exact) mass is 247 g/mol. The predicted octanol–water partition coefficient (Wildman–Crippen LogP) is 4.12. The third kappa shape index (κ3) is 4.17. The van der Waals surface area contributed by atoms with Gasteiger partial charge in [-0.2, -0.15) is 0 Å². The smallest absolute Gasteiger partial charge is 0.251 e. The summed E-state index contributed by atoms with van der Waals surface area (Å²) in [7, 11) is 0. The highest BCUT2D eigenvalue weighted by Crippen LogP contribution is 2.15. The predicted molar refractivity (Wildman–Crippen MR) is 77.0 cm³/mol. The minimum Gasteiger partial charge on any atom is -0.349 e. The van der Waals surface area contributed by atoms with Crippen LogP contribution in [0.15, 0.2) is 24.3 Å². The van der Waals surface area contributed by atoms with Crippen molar-refractivity contribution in [3.8, 4) is 0 Å². The molecule has 1 aromatic carbocycles. The van der Waals surface area contributed by atoms with Crippen molar-refractivity contribution in [1.29, 1.82) is 0 Å². The summed E-state index contributed by atoms with van der Waals surface area (Å²) in [5, 5.41) is 3.11. The van der Waals surface area contributed by atoms with E-state index in [2.05, 4.69) is 39.1 Å². The molecule has 1 atom stereocenters. The van der Waals surface area contributed by atoms with Crippen molar-refractivity contribution < 1.29 is 4.79 Å². The number of nitrogens with one attached hydrogen (secondary N) is 1. The minimum absolute atomic E-state index is 0.0535. The molecule has 2 heteroatoms. The first kappa shape index (κ1) is 14.7. The van der Waals surface area contributed by atoms with Crippen LogP contribution in [0, 0.1) is 0 Å². The fourth-order valence-electron chi connectivity index (χ4n) is 2.03. The lowest BCUT2D eigenvalue weighted by atomic mass is 10.0. The average Bonchev–Trinajstić information content (AvgIpc) is 2.38. The molecule has 1 amide bonds. The second-order valence-electron chi connectivity index (χ2n) is 5.15. The summed E-state index contributed by atoms with van der Waals surface area (Å²) in [6.07, 6.45) is 3.14. The molecule has 2 nitrogen and oxygen atoms in total. The van der Waals surface area contributed by atoms with E-state index in [9.17, 15) is 4.79 Å². The third-order valence-corrected chi connectivity index (χ3v) is 3.28. The Morgan fingerprint density at radius 3 is 2.56 bits per heavy atom. The highest BCUT2D eigenvalue weighted by Gasteiger charge is 2.12. The normalized spacial score (nSPS) is 12.5. The van der Waals surface area contributed by atoms with E-state index in [-0.39, 0.29) is 5.91 Å². The van der Waals surface area contributed by atoms with E-state index in [1.165, 1.54) is 5.56 Å². The molecule has 0 bridgehead atoms. The molecule has 0 fully saturated rings. The topological polar surface area (TPSA) is 29.1 Å². The van der Waals surface area contributed by atoms with Gasteiger partial charge in [0.1, 0.15) is 0 Å². The van der Waals surface area contributed by atoms with Gasteiger partial charge in [-0.1, -0.05) is 46.2 Å². The number of rotatable bonds is 6. The molecule has 100 valence electrons. The van der Waals surface area contributed by atoms with Crippen LogP contribution in [0.2, 0.25) is 0 Å². The van der Waals surface area contributed by atoms with Gasteiger partial charge >= 0.3 is 0 Å². The Balaban J connectivity index is 2.74. The molecular weight excluding hydrogens is 222 g/mol. The van der Waals surface area contributed by atoms with Crippen LogP contribution in [0.3, 0.4) is 0 Å². The number of carbonyl (C=O) groups excluding carboxylic acids is 1. The molecule has 0 saturated heterocycles. The molecule has 1 N–H and O–H groups in total. The molecule has 0 saturated carbocycles. The lowest BCUT2D eigenvalue weighted by molar-refractivity contribution is 0.0933.